The summed E-state index contributed by atoms with van der Waals surface area (Å²) in [6, 6.07) is 33.3. The summed E-state index contributed by atoms with van der Waals surface area (Å²) in [6.07, 6.45) is 2.63. The molecule has 33 heavy (non-hydrogen) atoms. The monoisotopic (exact) mass is 432 g/mol. The van der Waals surface area contributed by atoms with Crippen molar-refractivity contribution < 1.29 is 9.59 Å². The van der Waals surface area contributed by atoms with E-state index in [1.54, 1.807) is 13.8 Å². The van der Waals surface area contributed by atoms with Crippen LogP contribution >= 0.6 is 0 Å². The predicted molar refractivity (Wildman–Crippen MR) is 134 cm³/mol. The van der Waals surface area contributed by atoms with Crippen molar-refractivity contribution in [1.29, 1.82) is 0 Å². The highest BCUT2D eigenvalue weighted by molar-refractivity contribution is 5.94. The van der Waals surface area contributed by atoms with E-state index in [0.717, 1.165) is 30.4 Å². The first-order chi connectivity index (χ1) is 16.0. The van der Waals surface area contributed by atoms with Gasteiger partial charge in [-0.15, -0.1) is 0 Å². The summed E-state index contributed by atoms with van der Waals surface area (Å²) >= 11 is 0. The van der Waals surface area contributed by atoms with Gasteiger partial charge in [-0.3, -0.25) is 9.59 Å². The minimum absolute atomic E-state index is 0.0993. The van der Waals surface area contributed by atoms with Crippen molar-refractivity contribution in [2.45, 2.75) is 33.1 Å². The Morgan fingerprint density at radius 2 is 0.576 bits per heavy atom. The van der Waals surface area contributed by atoms with Crippen molar-refractivity contribution in [3.8, 4) is 0 Å². The maximum atomic E-state index is 11.4. The molecule has 4 aromatic carbocycles. The second-order valence-corrected chi connectivity index (χ2v) is 8.67. The topological polar surface area (TPSA) is 34.1 Å². The molecule has 0 aliphatic rings. The molecule has 4 aromatic rings. The second kappa shape index (κ2) is 10.2. The molecule has 0 bridgehead atoms. The first kappa shape index (κ1) is 22.4. The zero-order chi connectivity index (χ0) is 23.2. The summed E-state index contributed by atoms with van der Waals surface area (Å²) in [5.41, 5.74) is 9.04. The summed E-state index contributed by atoms with van der Waals surface area (Å²) in [7, 11) is 0. The number of carbonyl (C=O) groups excluding carboxylic acids is 2. The Morgan fingerprint density at radius 3 is 0.758 bits per heavy atom. The molecule has 0 spiro atoms. The lowest BCUT2D eigenvalue weighted by molar-refractivity contribution is 0.100. The number of rotatable bonds is 8. The van der Waals surface area contributed by atoms with E-state index in [1.165, 1.54) is 33.4 Å². The average molecular weight is 433 g/mol. The maximum Gasteiger partial charge on any atom is 0.159 e. The van der Waals surface area contributed by atoms with Gasteiger partial charge in [-0.1, -0.05) is 97.1 Å². The Bertz CT molecular complexity index is 1130. The minimum Gasteiger partial charge on any atom is -0.295 e. The molecule has 0 atom stereocenters. The van der Waals surface area contributed by atoms with Gasteiger partial charge in [0.25, 0.3) is 0 Å². The van der Waals surface area contributed by atoms with Gasteiger partial charge in [0.1, 0.15) is 0 Å². The van der Waals surface area contributed by atoms with E-state index < -0.39 is 0 Å². The lowest BCUT2D eigenvalue weighted by Gasteiger charge is -2.07. The van der Waals surface area contributed by atoms with Crippen LogP contribution in [0.15, 0.2) is 97.1 Å². The summed E-state index contributed by atoms with van der Waals surface area (Å²) in [5, 5.41) is 0. The maximum absolute atomic E-state index is 11.4. The van der Waals surface area contributed by atoms with E-state index in [1.807, 2.05) is 48.5 Å². The van der Waals surface area contributed by atoms with Crippen LogP contribution in [0.25, 0.3) is 0 Å². The van der Waals surface area contributed by atoms with Crippen molar-refractivity contribution in [1.82, 2.24) is 0 Å². The highest BCUT2D eigenvalue weighted by Crippen LogP contribution is 2.17. The third kappa shape index (κ3) is 6.14. The van der Waals surface area contributed by atoms with Crippen LogP contribution in [0, 0.1) is 0 Å². The van der Waals surface area contributed by atoms with Gasteiger partial charge < -0.3 is 0 Å². The molecular weight excluding hydrogens is 404 g/mol. The van der Waals surface area contributed by atoms with E-state index in [4.69, 9.17) is 0 Å². The smallest absolute Gasteiger partial charge is 0.159 e. The number of benzene rings is 4. The summed E-state index contributed by atoms with van der Waals surface area (Å²) < 4.78 is 0. The van der Waals surface area contributed by atoms with Crippen LogP contribution in [0.4, 0.5) is 0 Å². The summed E-state index contributed by atoms with van der Waals surface area (Å²) in [4.78, 5) is 22.8. The van der Waals surface area contributed by atoms with E-state index in [2.05, 4.69) is 48.5 Å². The SMILES string of the molecule is CC(=O)c1ccc(Cc2ccc(Cc3ccc(Cc4ccc(C(C)=O)cc4)cc3)cc2)cc1. The Labute approximate surface area is 195 Å². The van der Waals surface area contributed by atoms with E-state index in [9.17, 15) is 9.59 Å². The molecular formula is C31H28O2. The van der Waals surface area contributed by atoms with Crippen molar-refractivity contribution in [2.75, 3.05) is 0 Å². The van der Waals surface area contributed by atoms with Gasteiger partial charge in [-0.05, 0) is 66.5 Å². The first-order valence-electron chi connectivity index (χ1n) is 11.3. The average Bonchev–Trinajstić information content (AvgIpc) is 2.82. The van der Waals surface area contributed by atoms with Crippen molar-refractivity contribution in [2.24, 2.45) is 0 Å². The summed E-state index contributed by atoms with van der Waals surface area (Å²) in [5.74, 6) is 0.199. The molecule has 0 amide bonds. The fraction of sp³-hybridized carbons (Fsp3) is 0.161. The molecule has 164 valence electrons. The molecule has 0 unspecified atom stereocenters. The van der Waals surface area contributed by atoms with E-state index >= 15 is 0 Å². The van der Waals surface area contributed by atoms with Gasteiger partial charge in [0.15, 0.2) is 11.6 Å². The number of ketones is 2. The zero-order valence-electron chi connectivity index (χ0n) is 19.2. The molecule has 0 saturated carbocycles. The van der Waals surface area contributed by atoms with Gasteiger partial charge in [-0.2, -0.15) is 0 Å². The number of Topliss-reactive ketones (excluding diaryl/α,β-unsaturated/α-hetero) is 2. The van der Waals surface area contributed by atoms with Gasteiger partial charge in [0.05, 0.1) is 0 Å². The fourth-order valence-corrected chi connectivity index (χ4v) is 3.97. The number of carbonyl (C=O) groups is 2. The van der Waals surface area contributed by atoms with Crippen LogP contribution in [-0.2, 0) is 19.3 Å². The molecule has 0 aliphatic heterocycles. The Balaban J connectivity index is 1.34. The molecule has 2 heteroatoms. The quantitative estimate of drug-likeness (QED) is 0.285. The van der Waals surface area contributed by atoms with Gasteiger partial charge in [-0.25, -0.2) is 0 Å². The fourth-order valence-electron chi connectivity index (χ4n) is 3.97. The largest absolute Gasteiger partial charge is 0.295 e. The van der Waals surface area contributed by atoms with Crippen molar-refractivity contribution >= 4 is 11.6 Å². The van der Waals surface area contributed by atoms with Gasteiger partial charge >= 0.3 is 0 Å². The van der Waals surface area contributed by atoms with E-state index in [0.29, 0.717) is 0 Å². The third-order valence-corrected chi connectivity index (χ3v) is 5.99. The molecule has 0 saturated heterocycles. The minimum atomic E-state index is 0.0993. The molecule has 4 rings (SSSR count). The van der Waals surface area contributed by atoms with Crippen molar-refractivity contribution in [3.63, 3.8) is 0 Å². The molecule has 0 fully saturated rings. The predicted octanol–water partition coefficient (Wildman–Crippen LogP) is 6.86. The standard InChI is InChI=1S/C31H28O2/c1-22(32)30-15-11-28(12-16-30)20-26-7-3-24(4-8-26)19-25-5-9-27(10-6-25)21-29-13-17-31(18-14-29)23(2)33/h3-18H,19-21H2,1-2H3. The van der Waals surface area contributed by atoms with Crippen LogP contribution in [-0.4, -0.2) is 11.6 Å². The third-order valence-electron chi connectivity index (χ3n) is 5.99. The van der Waals surface area contributed by atoms with Crippen LogP contribution < -0.4 is 0 Å². The molecule has 0 N–H and O–H groups in total. The molecule has 0 aromatic heterocycles. The number of hydrogen-bond acceptors (Lipinski definition) is 2. The molecule has 0 aliphatic carbocycles. The zero-order valence-corrected chi connectivity index (χ0v) is 19.2. The highest BCUT2D eigenvalue weighted by Gasteiger charge is 2.03. The van der Waals surface area contributed by atoms with E-state index in [-0.39, 0.29) is 11.6 Å². The Hall–Kier alpha value is -3.78. The van der Waals surface area contributed by atoms with Crippen LogP contribution in [0.5, 0.6) is 0 Å². The second-order valence-electron chi connectivity index (χ2n) is 8.67. The molecule has 2 nitrogen and oxygen atoms in total. The van der Waals surface area contributed by atoms with Crippen LogP contribution in [0.3, 0.4) is 0 Å². The lowest BCUT2D eigenvalue weighted by Crippen LogP contribution is -1.95. The first-order valence-corrected chi connectivity index (χ1v) is 11.3. The van der Waals surface area contributed by atoms with Gasteiger partial charge in [0, 0.05) is 11.1 Å². The Morgan fingerprint density at radius 1 is 0.394 bits per heavy atom. The molecule has 0 radical (unpaired) electrons. The summed E-state index contributed by atoms with van der Waals surface area (Å²) in [6.45, 7) is 3.19. The van der Waals surface area contributed by atoms with Crippen molar-refractivity contribution in [3.05, 3.63) is 142 Å². The van der Waals surface area contributed by atoms with Crippen LogP contribution in [0.2, 0.25) is 0 Å². The van der Waals surface area contributed by atoms with Gasteiger partial charge in [0.2, 0.25) is 0 Å². The molecule has 0 heterocycles. The van der Waals surface area contributed by atoms with Crippen LogP contribution in [0.1, 0.15) is 67.9 Å². The normalized spacial score (nSPS) is 10.7. The highest BCUT2D eigenvalue weighted by atomic mass is 16.1. The number of hydrogen-bond donors (Lipinski definition) is 0. The lowest BCUT2D eigenvalue weighted by atomic mass is 9.98. The Kier molecular flexibility index (Phi) is 6.95.